The molecule has 0 bridgehead atoms. The van der Waals surface area contributed by atoms with Gasteiger partial charge in [-0.2, -0.15) is 11.8 Å². The molecule has 0 aromatic rings. The summed E-state index contributed by atoms with van der Waals surface area (Å²) in [6.07, 6.45) is 10.4. The molecule has 4 nitrogen and oxygen atoms in total. The Kier molecular flexibility index (Phi) is 4.18. The average molecular weight is 405 g/mol. The van der Waals surface area contributed by atoms with Crippen LogP contribution in [0.2, 0.25) is 0 Å². The third-order valence-corrected chi connectivity index (χ3v) is 10.7. The van der Waals surface area contributed by atoms with E-state index in [0.29, 0.717) is 30.6 Å². The SMILES string of the molecule is CSC1[C@@H]2C(CC[C@@]3(C)[C@H]2CC[C@@]32CCC(=O)O2)[C@@]2(C)CCC(=O)C=C2[C@@H]1O. The summed E-state index contributed by atoms with van der Waals surface area (Å²) in [5.41, 5.74) is 0.643. The molecule has 1 N–H and O–H groups in total. The number of thioether (sulfide) groups is 1. The Labute approximate surface area is 171 Å². The van der Waals surface area contributed by atoms with E-state index < -0.39 is 6.10 Å². The van der Waals surface area contributed by atoms with Crippen LogP contribution in [0.15, 0.2) is 11.6 Å². The molecular formula is C23H32O4S. The number of hydrogen-bond acceptors (Lipinski definition) is 5. The van der Waals surface area contributed by atoms with Crippen LogP contribution in [0, 0.1) is 28.6 Å². The average Bonchev–Trinajstić information content (AvgIpc) is 3.18. The number of fused-ring (bicyclic) bond motifs is 6. The number of esters is 1. The number of ketones is 1. The van der Waals surface area contributed by atoms with Crippen molar-refractivity contribution in [3.63, 3.8) is 0 Å². The molecular weight excluding hydrogens is 372 g/mol. The zero-order valence-corrected chi connectivity index (χ0v) is 18.0. The lowest BCUT2D eigenvalue weighted by molar-refractivity contribution is -0.169. The van der Waals surface area contributed by atoms with E-state index >= 15 is 0 Å². The second-order valence-electron chi connectivity index (χ2n) is 10.4. The lowest BCUT2D eigenvalue weighted by atomic mass is 9.45. The summed E-state index contributed by atoms with van der Waals surface area (Å²) in [7, 11) is 0. The third-order valence-electron chi connectivity index (χ3n) is 9.63. The Balaban J connectivity index is 1.58. The van der Waals surface area contributed by atoms with Gasteiger partial charge in [0.15, 0.2) is 5.78 Å². The predicted octanol–water partition coefficient (Wildman–Crippen LogP) is 3.91. The Morgan fingerprint density at radius 1 is 1.07 bits per heavy atom. The minimum Gasteiger partial charge on any atom is -0.458 e. The molecule has 154 valence electrons. The first kappa shape index (κ1) is 19.2. The van der Waals surface area contributed by atoms with Gasteiger partial charge in [0.05, 0.1) is 6.10 Å². The molecule has 5 rings (SSSR count). The van der Waals surface area contributed by atoms with E-state index in [4.69, 9.17) is 4.74 Å². The predicted molar refractivity (Wildman–Crippen MR) is 109 cm³/mol. The highest BCUT2D eigenvalue weighted by atomic mass is 32.2. The molecule has 0 aromatic heterocycles. The maximum Gasteiger partial charge on any atom is 0.306 e. The van der Waals surface area contributed by atoms with Gasteiger partial charge in [-0.1, -0.05) is 13.8 Å². The van der Waals surface area contributed by atoms with Gasteiger partial charge in [-0.3, -0.25) is 9.59 Å². The lowest BCUT2D eigenvalue weighted by Gasteiger charge is -2.62. The van der Waals surface area contributed by atoms with Crippen LogP contribution < -0.4 is 0 Å². The van der Waals surface area contributed by atoms with Crippen LogP contribution in [-0.2, 0) is 14.3 Å². The minimum atomic E-state index is -0.546. The van der Waals surface area contributed by atoms with Crippen molar-refractivity contribution in [1.82, 2.24) is 0 Å². The number of ether oxygens (including phenoxy) is 1. The first-order valence-corrected chi connectivity index (χ1v) is 12.2. The van der Waals surface area contributed by atoms with Gasteiger partial charge in [-0.15, -0.1) is 0 Å². The monoisotopic (exact) mass is 404 g/mol. The van der Waals surface area contributed by atoms with Crippen LogP contribution in [-0.4, -0.2) is 40.1 Å². The van der Waals surface area contributed by atoms with Crippen molar-refractivity contribution in [3.05, 3.63) is 11.6 Å². The number of aliphatic hydroxyl groups is 1. The van der Waals surface area contributed by atoms with Crippen molar-refractivity contribution < 1.29 is 19.4 Å². The highest BCUT2D eigenvalue weighted by Crippen LogP contribution is 2.70. The second kappa shape index (κ2) is 6.10. The van der Waals surface area contributed by atoms with Crippen LogP contribution in [0.1, 0.15) is 65.2 Å². The van der Waals surface area contributed by atoms with E-state index in [1.165, 1.54) is 0 Å². The van der Waals surface area contributed by atoms with Crippen LogP contribution in [0.4, 0.5) is 0 Å². The molecule has 4 aliphatic carbocycles. The molecule has 1 aliphatic heterocycles. The molecule has 8 atom stereocenters. The molecule has 0 radical (unpaired) electrons. The molecule has 0 aromatic carbocycles. The highest BCUT2D eigenvalue weighted by molar-refractivity contribution is 7.99. The van der Waals surface area contributed by atoms with Crippen LogP contribution in [0.5, 0.6) is 0 Å². The number of hydrogen-bond donors (Lipinski definition) is 1. The summed E-state index contributed by atoms with van der Waals surface area (Å²) in [6.45, 7) is 4.66. The molecule has 5 heteroatoms. The molecule has 1 heterocycles. The minimum absolute atomic E-state index is 0.0100. The summed E-state index contributed by atoms with van der Waals surface area (Å²) >= 11 is 1.76. The Bertz CT molecular complexity index is 762. The van der Waals surface area contributed by atoms with E-state index in [1.807, 2.05) is 0 Å². The molecule has 1 spiro atoms. The van der Waals surface area contributed by atoms with Crippen molar-refractivity contribution in [2.75, 3.05) is 6.26 Å². The van der Waals surface area contributed by atoms with E-state index in [1.54, 1.807) is 17.8 Å². The first-order chi connectivity index (χ1) is 13.3. The smallest absolute Gasteiger partial charge is 0.306 e. The van der Waals surface area contributed by atoms with Gasteiger partial charge in [-0.05, 0) is 79.6 Å². The zero-order valence-electron chi connectivity index (χ0n) is 17.2. The molecule has 1 saturated heterocycles. The Morgan fingerprint density at radius 3 is 2.50 bits per heavy atom. The van der Waals surface area contributed by atoms with Crippen LogP contribution >= 0.6 is 11.8 Å². The van der Waals surface area contributed by atoms with E-state index in [2.05, 4.69) is 20.1 Å². The van der Waals surface area contributed by atoms with Crippen molar-refractivity contribution in [2.24, 2.45) is 28.6 Å². The molecule has 28 heavy (non-hydrogen) atoms. The summed E-state index contributed by atoms with van der Waals surface area (Å²) < 4.78 is 6.04. The van der Waals surface area contributed by atoms with Gasteiger partial charge in [-0.25, -0.2) is 0 Å². The molecule has 2 unspecified atom stereocenters. The molecule has 4 fully saturated rings. The number of carbonyl (C=O) groups is 2. The highest BCUT2D eigenvalue weighted by Gasteiger charge is 2.69. The van der Waals surface area contributed by atoms with Crippen LogP contribution in [0.25, 0.3) is 0 Å². The summed E-state index contributed by atoms with van der Waals surface area (Å²) in [6, 6.07) is 0. The first-order valence-electron chi connectivity index (χ1n) is 10.9. The fourth-order valence-corrected chi connectivity index (χ4v) is 9.22. The fourth-order valence-electron chi connectivity index (χ4n) is 8.13. The van der Waals surface area contributed by atoms with E-state index in [9.17, 15) is 14.7 Å². The number of aliphatic hydroxyl groups excluding tert-OH is 1. The molecule has 5 aliphatic rings. The Morgan fingerprint density at radius 2 is 1.82 bits per heavy atom. The summed E-state index contributed by atoms with van der Waals surface area (Å²) in [4.78, 5) is 24.2. The molecule has 0 amide bonds. The quantitative estimate of drug-likeness (QED) is 0.672. The largest absolute Gasteiger partial charge is 0.458 e. The normalized spacial score (nSPS) is 52.7. The number of carbonyl (C=O) groups excluding carboxylic acids is 2. The number of rotatable bonds is 1. The maximum absolute atomic E-state index is 12.2. The van der Waals surface area contributed by atoms with Gasteiger partial charge < -0.3 is 9.84 Å². The van der Waals surface area contributed by atoms with Crippen molar-refractivity contribution in [2.45, 2.75) is 82.2 Å². The van der Waals surface area contributed by atoms with Crippen molar-refractivity contribution in [3.8, 4) is 0 Å². The Hall–Kier alpha value is -0.810. The molecule has 3 saturated carbocycles. The lowest BCUT2D eigenvalue weighted by Crippen LogP contribution is -2.61. The van der Waals surface area contributed by atoms with Crippen molar-refractivity contribution in [1.29, 1.82) is 0 Å². The fraction of sp³-hybridized carbons (Fsp3) is 0.826. The summed E-state index contributed by atoms with van der Waals surface area (Å²) in [5, 5.41) is 11.5. The van der Waals surface area contributed by atoms with Gasteiger partial charge in [0.2, 0.25) is 0 Å². The van der Waals surface area contributed by atoms with Gasteiger partial charge in [0.1, 0.15) is 5.60 Å². The van der Waals surface area contributed by atoms with E-state index in [0.717, 1.165) is 44.1 Å². The standard InChI is InChI=1S/C23H32O4S/c1-21-8-4-13(24)12-16(21)19(26)20(28-3)18-14(21)5-9-22(2)15(18)6-10-23(22)11-7-17(25)27-23/h12,14-15,18-20,26H,4-11H2,1-3H3/t14?,15-,18+,19-,20?,21+,22-,23+/m0/s1. The topological polar surface area (TPSA) is 63.6 Å². The zero-order chi connectivity index (χ0) is 19.9. The second-order valence-corrected chi connectivity index (χ2v) is 11.4. The van der Waals surface area contributed by atoms with Gasteiger partial charge in [0, 0.05) is 23.5 Å². The van der Waals surface area contributed by atoms with Gasteiger partial charge >= 0.3 is 5.97 Å². The van der Waals surface area contributed by atoms with Gasteiger partial charge in [0.25, 0.3) is 0 Å². The van der Waals surface area contributed by atoms with Crippen molar-refractivity contribution >= 4 is 23.5 Å². The third kappa shape index (κ3) is 2.24. The van der Waals surface area contributed by atoms with E-state index in [-0.39, 0.29) is 33.4 Å². The van der Waals surface area contributed by atoms with Crippen LogP contribution in [0.3, 0.4) is 0 Å². The summed E-state index contributed by atoms with van der Waals surface area (Å²) in [5.74, 6) is 1.52. The maximum atomic E-state index is 12.2.